The van der Waals surface area contributed by atoms with Crippen molar-refractivity contribution in [2.24, 2.45) is 5.92 Å². The van der Waals surface area contributed by atoms with Crippen molar-refractivity contribution in [2.45, 2.75) is 26.7 Å². The lowest BCUT2D eigenvalue weighted by Crippen LogP contribution is -2.37. The van der Waals surface area contributed by atoms with E-state index in [0.29, 0.717) is 13.1 Å². The Hall–Kier alpha value is -1.10. The lowest BCUT2D eigenvalue weighted by Gasteiger charge is -2.24. The van der Waals surface area contributed by atoms with Crippen LogP contribution in [0.4, 0.5) is 0 Å². The monoisotopic (exact) mass is 258 g/mol. The third kappa shape index (κ3) is 7.27. The first-order chi connectivity index (χ1) is 8.38. The van der Waals surface area contributed by atoms with E-state index in [1.165, 1.54) is 7.11 Å². The summed E-state index contributed by atoms with van der Waals surface area (Å²) in [5.74, 6) is -0.219. The van der Waals surface area contributed by atoms with Crippen molar-refractivity contribution in [3.8, 4) is 0 Å². The molecule has 106 valence electrons. The van der Waals surface area contributed by atoms with Crippen LogP contribution in [0, 0.1) is 5.92 Å². The molecule has 0 bridgehead atoms. The molecule has 18 heavy (non-hydrogen) atoms. The van der Waals surface area contributed by atoms with Gasteiger partial charge >= 0.3 is 5.97 Å². The van der Waals surface area contributed by atoms with E-state index in [1.54, 1.807) is 4.90 Å². The van der Waals surface area contributed by atoms with Gasteiger partial charge in [-0.3, -0.25) is 9.59 Å². The van der Waals surface area contributed by atoms with Crippen LogP contribution in [0.3, 0.4) is 0 Å². The van der Waals surface area contributed by atoms with Crippen LogP contribution in [-0.4, -0.2) is 62.5 Å². The standard InChI is InChI=1S/C13H26N2O3/c1-11(2)13(17)15(9-6-8-14(3)4)10-7-12(16)18-5/h11H,6-10H2,1-5H3. The summed E-state index contributed by atoms with van der Waals surface area (Å²) in [6, 6.07) is 0. The minimum absolute atomic E-state index is 0.0398. The van der Waals surface area contributed by atoms with Crippen LogP contribution in [-0.2, 0) is 14.3 Å². The minimum atomic E-state index is -0.274. The van der Waals surface area contributed by atoms with Crippen LogP contribution < -0.4 is 0 Å². The number of carbonyl (C=O) groups is 2. The van der Waals surface area contributed by atoms with Gasteiger partial charge in [0.15, 0.2) is 0 Å². The van der Waals surface area contributed by atoms with Gasteiger partial charge in [0.2, 0.25) is 5.91 Å². The molecule has 0 rings (SSSR count). The molecule has 5 heteroatoms. The maximum Gasteiger partial charge on any atom is 0.307 e. The molecule has 0 heterocycles. The Morgan fingerprint density at radius 2 is 1.72 bits per heavy atom. The summed E-state index contributed by atoms with van der Waals surface area (Å²) >= 11 is 0. The van der Waals surface area contributed by atoms with Gasteiger partial charge < -0.3 is 14.5 Å². The first kappa shape index (κ1) is 16.9. The average Bonchev–Trinajstić information content (AvgIpc) is 2.31. The van der Waals surface area contributed by atoms with Crippen LogP contribution in [0.1, 0.15) is 26.7 Å². The normalized spacial score (nSPS) is 10.8. The molecule has 0 aromatic heterocycles. The van der Waals surface area contributed by atoms with Crippen LogP contribution in [0.15, 0.2) is 0 Å². The number of hydrogen-bond acceptors (Lipinski definition) is 4. The first-order valence-corrected chi connectivity index (χ1v) is 6.38. The van der Waals surface area contributed by atoms with Gasteiger partial charge in [-0.1, -0.05) is 13.8 Å². The molecule has 0 aliphatic rings. The predicted octanol–water partition coefficient (Wildman–Crippen LogP) is 0.986. The van der Waals surface area contributed by atoms with Crippen molar-refractivity contribution in [1.82, 2.24) is 9.80 Å². The highest BCUT2D eigenvalue weighted by Gasteiger charge is 2.17. The Bertz CT molecular complexity index is 265. The van der Waals surface area contributed by atoms with Gasteiger partial charge in [0.25, 0.3) is 0 Å². The number of methoxy groups -OCH3 is 1. The summed E-state index contributed by atoms with van der Waals surface area (Å²) in [4.78, 5) is 26.9. The molecule has 0 saturated heterocycles. The Kier molecular flexibility index (Phi) is 8.37. The maximum atomic E-state index is 12.0. The van der Waals surface area contributed by atoms with Gasteiger partial charge in [0.05, 0.1) is 13.5 Å². The Labute approximate surface area is 110 Å². The van der Waals surface area contributed by atoms with Crippen molar-refractivity contribution >= 4 is 11.9 Å². The molecule has 0 aliphatic carbocycles. The molecule has 0 aromatic carbocycles. The highest BCUT2D eigenvalue weighted by atomic mass is 16.5. The summed E-state index contributed by atoms with van der Waals surface area (Å²) in [5, 5.41) is 0. The van der Waals surface area contributed by atoms with Crippen LogP contribution in [0.2, 0.25) is 0 Å². The second kappa shape index (κ2) is 8.91. The summed E-state index contributed by atoms with van der Waals surface area (Å²) < 4.78 is 4.60. The number of esters is 1. The van der Waals surface area contributed by atoms with Gasteiger partial charge in [0.1, 0.15) is 0 Å². The topological polar surface area (TPSA) is 49.9 Å². The van der Waals surface area contributed by atoms with E-state index in [-0.39, 0.29) is 24.2 Å². The second-order valence-electron chi connectivity index (χ2n) is 4.96. The molecule has 0 saturated carbocycles. The smallest absolute Gasteiger partial charge is 0.307 e. The van der Waals surface area contributed by atoms with Crippen molar-refractivity contribution in [1.29, 1.82) is 0 Å². The van der Waals surface area contributed by atoms with Crippen molar-refractivity contribution in [3.05, 3.63) is 0 Å². The number of amides is 1. The molecule has 0 aliphatic heterocycles. The van der Waals surface area contributed by atoms with Gasteiger partial charge in [-0.15, -0.1) is 0 Å². The van der Waals surface area contributed by atoms with Gasteiger partial charge in [-0.05, 0) is 27.1 Å². The predicted molar refractivity (Wildman–Crippen MR) is 71.2 cm³/mol. The third-order valence-corrected chi connectivity index (χ3v) is 2.65. The number of nitrogens with zero attached hydrogens (tertiary/aromatic N) is 2. The van der Waals surface area contributed by atoms with Crippen molar-refractivity contribution < 1.29 is 14.3 Å². The highest BCUT2D eigenvalue weighted by Crippen LogP contribution is 2.04. The fraction of sp³-hybridized carbons (Fsp3) is 0.846. The molecule has 5 nitrogen and oxygen atoms in total. The number of ether oxygens (including phenoxy) is 1. The summed E-state index contributed by atoms with van der Waals surface area (Å²) in [7, 11) is 5.37. The Morgan fingerprint density at radius 1 is 1.11 bits per heavy atom. The van der Waals surface area contributed by atoms with Crippen LogP contribution in [0.5, 0.6) is 0 Å². The van der Waals surface area contributed by atoms with Crippen molar-refractivity contribution in [2.75, 3.05) is 40.8 Å². The zero-order valence-electron chi connectivity index (χ0n) is 12.2. The van der Waals surface area contributed by atoms with E-state index in [1.807, 2.05) is 27.9 Å². The van der Waals surface area contributed by atoms with E-state index >= 15 is 0 Å². The summed E-state index contributed by atoms with van der Waals surface area (Å²) in [6.07, 6.45) is 1.17. The van der Waals surface area contributed by atoms with E-state index in [4.69, 9.17) is 0 Å². The molecule has 1 amide bonds. The van der Waals surface area contributed by atoms with E-state index in [0.717, 1.165) is 13.0 Å². The van der Waals surface area contributed by atoms with Crippen LogP contribution in [0.25, 0.3) is 0 Å². The maximum absolute atomic E-state index is 12.0. The lowest BCUT2D eigenvalue weighted by atomic mass is 10.1. The van der Waals surface area contributed by atoms with E-state index in [2.05, 4.69) is 9.64 Å². The number of rotatable bonds is 8. The zero-order valence-corrected chi connectivity index (χ0v) is 12.2. The van der Waals surface area contributed by atoms with E-state index in [9.17, 15) is 9.59 Å². The SMILES string of the molecule is COC(=O)CCN(CCCN(C)C)C(=O)C(C)C. The average molecular weight is 258 g/mol. The Morgan fingerprint density at radius 3 is 2.17 bits per heavy atom. The number of carbonyl (C=O) groups excluding carboxylic acids is 2. The molecule has 0 aromatic rings. The van der Waals surface area contributed by atoms with Crippen LogP contribution >= 0.6 is 0 Å². The zero-order chi connectivity index (χ0) is 14.1. The molecule has 0 spiro atoms. The molecule has 0 fully saturated rings. The third-order valence-electron chi connectivity index (χ3n) is 2.65. The summed E-state index contributed by atoms with van der Waals surface area (Å²) in [6.45, 7) is 5.81. The number of hydrogen-bond donors (Lipinski definition) is 0. The molecular weight excluding hydrogens is 232 g/mol. The molecular formula is C13H26N2O3. The lowest BCUT2D eigenvalue weighted by molar-refractivity contribution is -0.142. The second-order valence-corrected chi connectivity index (χ2v) is 4.96. The fourth-order valence-corrected chi connectivity index (χ4v) is 1.60. The van der Waals surface area contributed by atoms with Gasteiger partial charge in [-0.2, -0.15) is 0 Å². The molecule has 0 radical (unpaired) electrons. The largest absolute Gasteiger partial charge is 0.469 e. The van der Waals surface area contributed by atoms with E-state index < -0.39 is 0 Å². The van der Waals surface area contributed by atoms with Crippen molar-refractivity contribution in [3.63, 3.8) is 0 Å². The summed E-state index contributed by atoms with van der Waals surface area (Å²) in [5.41, 5.74) is 0. The molecule has 0 N–H and O–H groups in total. The Balaban J connectivity index is 4.25. The molecule has 0 unspecified atom stereocenters. The first-order valence-electron chi connectivity index (χ1n) is 6.38. The van der Waals surface area contributed by atoms with Gasteiger partial charge in [0, 0.05) is 19.0 Å². The quantitative estimate of drug-likeness (QED) is 0.609. The highest BCUT2D eigenvalue weighted by molar-refractivity contribution is 5.79. The minimum Gasteiger partial charge on any atom is -0.469 e. The van der Waals surface area contributed by atoms with Gasteiger partial charge in [-0.25, -0.2) is 0 Å². The fourth-order valence-electron chi connectivity index (χ4n) is 1.60. The molecule has 0 atom stereocenters.